The Labute approximate surface area is 122 Å². The lowest BCUT2D eigenvalue weighted by atomic mass is 10.0. The molecule has 7 heteroatoms. The van der Waals surface area contributed by atoms with E-state index in [-0.39, 0.29) is 28.0 Å². The van der Waals surface area contributed by atoms with Crippen LogP contribution in [0.3, 0.4) is 0 Å². The molecule has 0 spiro atoms. The Balaban J connectivity index is 2.21. The molecule has 7 nitrogen and oxygen atoms in total. The van der Waals surface area contributed by atoms with Crippen LogP contribution in [-0.4, -0.2) is 27.5 Å². The molecule has 0 amide bonds. The van der Waals surface area contributed by atoms with E-state index < -0.39 is 10.9 Å². The summed E-state index contributed by atoms with van der Waals surface area (Å²) < 4.78 is 0. The first kappa shape index (κ1) is 15.2. The molecule has 1 aromatic heterocycles. The lowest BCUT2D eigenvalue weighted by molar-refractivity contribution is -0.384. The number of nitrogens with one attached hydrogen (secondary N) is 1. The summed E-state index contributed by atoms with van der Waals surface area (Å²) in [6, 6.07) is 2.30. The van der Waals surface area contributed by atoms with Crippen LogP contribution in [0, 0.1) is 26.9 Å². The predicted molar refractivity (Wildman–Crippen MR) is 77.4 cm³/mol. The summed E-state index contributed by atoms with van der Waals surface area (Å²) in [5.41, 5.74) is -0.146. The van der Waals surface area contributed by atoms with Gasteiger partial charge in [-0.2, -0.15) is 0 Å². The quantitative estimate of drug-likeness (QED) is 0.638. The Morgan fingerprint density at radius 1 is 1.38 bits per heavy atom. The Kier molecular flexibility index (Phi) is 3.39. The summed E-state index contributed by atoms with van der Waals surface area (Å²) in [5.74, 6) is -0.849. The number of pyridine rings is 1. The Morgan fingerprint density at radius 3 is 2.38 bits per heavy atom. The first-order valence-corrected chi connectivity index (χ1v) is 6.71. The SMILES string of the molecule is CC1(C)C(CNc2nc(C(=O)O)ccc2[N+](=O)[O-])C1(C)C. The average Bonchev–Trinajstić information content (AvgIpc) is 2.76. The van der Waals surface area contributed by atoms with Crippen molar-refractivity contribution in [3.8, 4) is 0 Å². The number of hydrogen-bond donors (Lipinski definition) is 2. The molecule has 1 fully saturated rings. The number of aromatic nitrogens is 1. The van der Waals surface area contributed by atoms with Gasteiger partial charge in [0.25, 0.3) is 0 Å². The fraction of sp³-hybridized carbons (Fsp3) is 0.571. The number of nitro groups is 1. The van der Waals surface area contributed by atoms with E-state index in [1.807, 2.05) is 0 Å². The fourth-order valence-corrected chi connectivity index (χ4v) is 2.89. The van der Waals surface area contributed by atoms with Crippen LogP contribution in [0.2, 0.25) is 0 Å². The number of nitrogens with zero attached hydrogens (tertiary/aromatic N) is 2. The van der Waals surface area contributed by atoms with Crippen molar-refractivity contribution >= 4 is 17.5 Å². The van der Waals surface area contributed by atoms with Gasteiger partial charge in [0, 0.05) is 12.6 Å². The minimum Gasteiger partial charge on any atom is -0.477 e. The third-order valence-corrected chi connectivity index (χ3v) is 5.08. The molecule has 1 aliphatic carbocycles. The molecule has 0 radical (unpaired) electrons. The highest BCUT2D eigenvalue weighted by molar-refractivity contribution is 5.86. The summed E-state index contributed by atoms with van der Waals surface area (Å²) in [5, 5.41) is 22.9. The molecule has 21 heavy (non-hydrogen) atoms. The van der Waals surface area contributed by atoms with Crippen molar-refractivity contribution in [3.05, 3.63) is 27.9 Å². The monoisotopic (exact) mass is 293 g/mol. The summed E-state index contributed by atoms with van der Waals surface area (Å²) in [4.78, 5) is 25.2. The Hall–Kier alpha value is -2.18. The van der Waals surface area contributed by atoms with E-state index in [0.29, 0.717) is 12.5 Å². The van der Waals surface area contributed by atoms with Gasteiger partial charge < -0.3 is 10.4 Å². The second-order valence-electron chi connectivity index (χ2n) is 6.50. The van der Waals surface area contributed by atoms with Crippen LogP contribution in [0.4, 0.5) is 11.5 Å². The molecule has 2 N–H and O–H groups in total. The van der Waals surface area contributed by atoms with Gasteiger partial charge >= 0.3 is 11.7 Å². The van der Waals surface area contributed by atoms with Crippen LogP contribution in [0.1, 0.15) is 38.2 Å². The van der Waals surface area contributed by atoms with Gasteiger partial charge in [-0.1, -0.05) is 27.7 Å². The topological polar surface area (TPSA) is 105 Å². The highest BCUT2D eigenvalue weighted by atomic mass is 16.6. The zero-order valence-electron chi connectivity index (χ0n) is 12.5. The van der Waals surface area contributed by atoms with Crippen molar-refractivity contribution in [1.29, 1.82) is 0 Å². The van der Waals surface area contributed by atoms with E-state index in [1.54, 1.807) is 0 Å². The lowest BCUT2D eigenvalue weighted by Gasteiger charge is -2.08. The average molecular weight is 293 g/mol. The minimum absolute atomic E-state index is 0.0124. The number of anilines is 1. The molecule has 0 saturated heterocycles. The normalized spacial score (nSPS) is 19.0. The largest absolute Gasteiger partial charge is 0.477 e. The standard InChI is InChI=1S/C14H19N3O4/c1-13(2)10(14(13,3)4)7-15-11-9(17(20)21)6-5-8(16-11)12(18)19/h5-6,10H,7H2,1-4H3,(H,15,16)(H,18,19). The Morgan fingerprint density at radius 2 is 1.95 bits per heavy atom. The van der Waals surface area contributed by atoms with Crippen molar-refractivity contribution in [2.24, 2.45) is 16.7 Å². The third-order valence-electron chi connectivity index (χ3n) is 5.08. The van der Waals surface area contributed by atoms with Crippen LogP contribution >= 0.6 is 0 Å². The second kappa shape index (κ2) is 4.68. The molecule has 0 atom stereocenters. The van der Waals surface area contributed by atoms with E-state index in [4.69, 9.17) is 5.11 Å². The molecular formula is C14H19N3O4. The van der Waals surface area contributed by atoms with Crippen LogP contribution in [0.15, 0.2) is 12.1 Å². The van der Waals surface area contributed by atoms with Gasteiger partial charge in [0.1, 0.15) is 0 Å². The molecule has 1 saturated carbocycles. The van der Waals surface area contributed by atoms with Crippen molar-refractivity contribution in [2.75, 3.05) is 11.9 Å². The van der Waals surface area contributed by atoms with E-state index in [2.05, 4.69) is 38.0 Å². The van der Waals surface area contributed by atoms with Crippen molar-refractivity contribution in [3.63, 3.8) is 0 Å². The zero-order valence-corrected chi connectivity index (χ0v) is 12.5. The summed E-state index contributed by atoms with van der Waals surface area (Å²) in [7, 11) is 0. The zero-order chi connectivity index (χ0) is 16.0. The predicted octanol–water partition coefficient (Wildman–Crippen LogP) is 2.78. The number of carboxylic acid groups (broad SMARTS) is 1. The maximum atomic E-state index is 11.0. The number of aromatic carboxylic acids is 1. The van der Waals surface area contributed by atoms with Gasteiger partial charge in [0.2, 0.25) is 5.82 Å². The van der Waals surface area contributed by atoms with Gasteiger partial charge in [0.15, 0.2) is 5.69 Å². The molecule has 1 aromatic rings. The molecule has 114 valence electrons. The molecule has 2 rings (SSSR count). The van der Waals surface area contributed by atoms with Gasteiger partial charge in [-0.15, -0.1) is 0 Å². The maximum absolute atomic E-state index is 11.0. The van der Waals surface area contributed by atoms with E-state index in [1.165, 1.54) is 6.07 Å². The number of carbonyl (C=O) groups is 1. The lowest BCUT2D eigenvalue weighted by Crippen LogP contribution is -2.13. The van der Waals surface area contributed by atoms with Gasteiger partial charge in [0.05, 0.1) is 4.92 Å². The second-order valence-corrected chi connectivity index (χ2v) is 6.50. The number of carboxylic acids is 1. The fourth-order valence-electron chi connectivity index (χ4n) is 2.89. The molecule has 0 aromatic carbocycles. The molecule has 0 unspecified atom stereocenters. The van der Waals surface area contributed by atoms with Crippen LogP contribution in [-0.2, 0) is 0 Å². The summed E-state index contributed by atoms with van der Waals surface area (Å²) in [6.45, 7) is 9.12. The van der Waals surface area contributed by atoms with E-state index >= 15 is 0 Å². The first-order chi connectivity index (χ1) is 9.59. The molecule has 1 heterocycles. The van der Waals surface area contributed by atoms with Crippen LogP contribution in [0.25, 0.3) is 0 Å². The van der Waals surface area contributed by atoms with Crippen molar-refractivity contribution in [2.45, 2.75) is 27.7 Å². The molecule has 0 bridgehead atoms. The minimum atomic E-state index is -1.21. The van der Waals surface area contributed by atoms with Crippen LogP contribution in [0.5, 0.6) is 0 Å². The molecular weight excluding hydrogens is 274 g/mol. The van der Waals surface area contributed by atoms with Gasteiger partial charge in [-0.05, 0) is 22.8 Å². The van der Waals surface area contributed by atoms with Crippen molar-refractivity contribution in [1.82, 2.24) is 4.98 Å². The van der Waals surface area contributed by atoms with Crippen molar-refractivity contribution < 1.29 is 14.8 Å². The summed E-state index contributed by atoms with van der Waals surface area (Å²) in [6.07, 6.45) is 0. The maximum Gasteiger partial charge on any atom is 0.354 e. The van der Waals surface area contributed by atoms with Gasteiger partial charge in [-0.25, -0.2) is 9.78 Å². The smallest absolute Gasteiger partial charge is 0.354 e. The van der Waals surface area contributed by atoms with E-state index in [0.717, 1.165) is 6.07 Å². The highest BCUT2D eigenvalue weighted by Gasteiger charge is 2.64. The molecule has 0 aliphatic heterocycles. The van der Waals surface area contributed by atoms with E-state index in [9.17, 15) is 14.9 Å². The number of rotatable bonds is 5. The first-order valence-electron chi connectivity index (χ1n) is 6.71. The molecule has 1 aliphatic rings. The van der Waals surface area contributed by atoms with Gasteiger partial charge in [-0.3, -0.25) is 10.1 Å². The Bertz CT molecular complexity index is 596. The van der Waals surface area contributed by atoms with Crippen LogP contribution < -0.4 is 5.32 Å². The third kappa shape index (κ3) is 2.43. The number of hydrogen-bond acceptors (Lipinski definition) is 5. The summed E-state index contributed by atoms with van der Waals surface area (Å²) >= 11 is 0. The highest BCUT2D eigenvalue weighted by Crippen LogP contribution is 2.68.